The molecule has 0 aliphatic heterocycles. The summed E-state index contributed by atoms with van der Waals surface area (Å²) in [5.41, 5.74) is -0.936. The van der Waals surface area contributed by atoms with Gasteiger partial charge < -0.3 is 10.6 Å². The quantitative estimate of drug-likeness (QED) is 0.493. The summed E-state index contributed by atoms with van der Waals surface area (Å²) in [6.07, 6.45) is 0. The highest BCUT2D eigenvalue weighted by Gasteiger charge is 2.36. The molecule has 0 heterocycles. The molecule has 0 radical (unpaired) electrons. The first-order valence-corrected chi connectivity index (χ1v) is 5.39. The molecule has 0 saturated heterocycles. The van der Waals surface area contributed by atoms with Crippen molar-refractivity contribution in [2.24, 2.45) is 0 Å². The van der Waals surface area contributed by atoms with Gasteiger partial charge in [0.1, 0.15) is 0 Å². The van der Waals surface area contributed by atoms with Gasteiger partial charge in [-0.3, -0.25) is 10.1 Å². The molecule has 0 fully saturated rings. The van der Waals surface area contributed by atoms with Crippen molar-refractivity contribution < 1.29 is 4.92 Å². The highest BCUT2D eigenvalue weighted by molar-refractivity contribution is 4.81. The molecule has 5 heteroatoms. The van der Waals surface area contributed by atoms with Gasteiger partial charge >= 0.3 is 0 Å². The van der Waals surface area contributed by atoms with Crippen molar-refractivity contribution in [2.75, 3.05) is 13.1 Å². The number of rotatable bonds is 7. The maximum atomic E-state index is 11.0. The van der Waals surface area contributed by atoms with Gasteiger partial charge in [0.15, 0.2) is 0 Å². The molecule has 0 aromatic carbocycles. The predicted molar refractivity (Wildman–Crippen MR) is 61.7 cm³/mol. The fraction of sp³-hybridized carbons (Fsp3) is 1.00. The summed E-state index contributed by atoms with van der Waals surface area (Å²) in [6.45, 7) is 10.4. The Balaban J connectivity index is 4.26. The van der Waals surface area contributed by atoms with Crippen molar-refractivity contribution >= 4 is 0 Å². The standard InChI is InChI=1S/C10H23N3O2/c1-8(2)11-6-10(5,13(14)15)7-12-9(3)4/h8-9,11-12H,6-7H2,1-5H3. The summed E-state index contributed by atoms with van der Waals surface area (Å²) in [5.74, 6) is 0. The lowest BCUT2D eigenvalue weighted by molar-refractivity contribution is -0.560. The summed E-state index contributed by atoms with van der Waals surface area (Å²) in [5, 5.41) is 17.2. The van der Waals surface area contributed by atoms with Crippen LogP contribution < -0.4 is 10.6 Å². The summed E-state index contributed by atoms with van der Waals surface area (Å²) < 4.78 is 0. The first kappa shape index (κ1) is 14.3. The Labute approximate surface area is 91.8 Å². The van der Waals surface area contributed by atoms with Gasteiger partial charge in [0.25, 0.3) is 0 Å². The molecule has 5 nitrogen and oxygen atoms in total. The van der Waals surface area contributed by atoms with Gasteiger partial charge in [0.2, 0.25) is 5.54 Å². The maximum Gasteiger partial charge on any atom is 0.243 e. The van der Waals surface area contributed by atoms with E-state index in [-0.39, 0.29) is 17.0 Å². The van der Waals surface area contributed by atoms with Crippen molar-refractivity contribution in [2.45, 2.75) is 52.2 Å². The Morgan fingerprint density at radius 2 is 1.47 bits per heavy atom. The number of hydrogen-bond donors (Lipinski definition) is 2. The van der Waals surface area contributed by atoms with Crippen LogP contribution in [0.3, 0.4) is 0 Å². The van der Waals surface area contributed by atoms with Crippen LogP contribution in [0, 0.1) is 10.1 Å². The number of nitrogens with zero attached hydrogens (tertiary/aromatic N) is 1. The highest BCUT2D eigenvalue weighted by Crippen LogP contribution is 2.07. The van der Waals surface area contributed by atoms with Gasteiger partial charge in [0, 0.05) is 23.9 Å². The van der Waals surface area contributed by atoms with Crippen molar-refractivity contribution in [3.05, 3.63) is 10.1 Å². The van der Waals surface area contributed by atoms with Crippen LogP contribution in [0.1, 0.15) is 34.6 Å². The Kier molecular flexibility index (Phi) is 5.75. The second-order valence-corrected chi connectivity index (χ2v) is 4.83. The largest absolute Gasteiger partial charge is 0.308 e. The average molecular weight is 217 g/mol. The molecule has 2 N–H and O–H groups in total. The minimum atomic E-state index is -0.936. The van der Waals surface area contributed by atoms with Crippen molar-refractivity contribution in [1.29, 1.82) is 0 Å². The van der Waals surface area contributed by atoms with E-state index in [9.17, 15) is 10.1 Å². The molecule has 0 amide bonds. The van der Waals surface area contributed by atoms with Crippen LogP contribution in [0.5, 0.6) is 0 Å². The number of hydrogen-bond acceptors (Lipinski definition) is 4. The predicted octanol–water partition coefficient (Wildman–Crippen LogP) is 1.02. The van der Waals surface area contributed by atoms with Crippen LogP contribution in [0.2, 0.25) is 0 Å². The highest BCUT2D eigenvalue weighted by atomic mass is 16.6. The summed E-state index contributed by atoms with van der Waals surface area (Å²) in [7, 11) is 0. The molecule has 0 aliphatic rings. The zero-order valence-corrected chi connectivity index (χ0v) is 10.3. The summed E-state index contributed by atoms with van der Waals surface area (Å²) in [6, 6.07) is 0.534. The third-order valence-electron chi connectivity index (χ3n) is 2.22. The zero-order chi connectivity index (χ0) is 12.1. The fourth-order valence-electron chi connectivity index (χ4n) is 1.04. The molecule has 15 heavy (non-hydrogen) atoms. The molecular formula is C10H23N3O2. The molecule has 0 bridgehead atoms. The van der Waals surface area contributed by atoms with Crippen LogP contribution in [0.4, 0.5) is 0 Å². The number of nitrogens with one attached hydrogen (secondary N) is 2. The topological polar surface area (TPSA) is 67.2 Å². The van der Waals surface area contributed by atoms with Gasteiger partial charge in [-0.05, 0) is 0 Å². The average Bonchev–Trinajstić information content (AvgIpc) is 2.11. The first-order chi connectivity index (χ1) is 6.78. The van der Waals surface area contributed by atoms with Crippen molar-refractivity contribution in [3.8, 4) is 0 Å². The van der Waals surface area contributed by atoms with E-state index in [0.717, 1.165) is 0 Å². The SMILES string of the molecule is CC(C)NCC(C)(CNC(C)C)[N+](=O)[O-]. The van der Waals surface area contributed by atoms with Gasteiger partial charge in [0.05, 0.1) is 13.1 Å². The minimum absolute atomic E-state index is 0.211. The molecule has 0 spiro atoms. The van der Waals surface area contributed by atoms with Crippen molar-refractivity contribution in [3.63, 3.8) is 0 Å². The Morgan fingerprint density at radius 1 is 1.13 bits per heavy atom. The van der Waals surface area contributed by atoms with Gasteiger partial charge in [-0.15, -0.1) is 0 Å². The molecule has 0 unspecified atom stereocenters. The van der Waals surface area contributed by atoms with Gasteiger partial charge in [-0.25, -0.2) is 0 Å². The fourth-order valence-corrected chi connectivity index (χ4v) is 1.04. The molecule has 0 atom stereocenters. The van der Waals surface area contributed by atoms with Crippen LogP contribution in [-0.4, -0.2) is 35.6 Å². The third-order valence-corrected chi connectivity index (χ3v) is 2.22. The molecule has 0 aromatic rings. The normalized spacial score (nSPS) is 12.5. The van der Waals surface area contributed by atoms with E-state index in [0.29, 0.717) is 13.1 Å². The molecule has 0 aromatic heterocycles. The second kappa shape index (κ2) is 6.02. The van der Waals surface area contributed by atoms with Crippen LogP contribution in [0.15, 0.2) is 0 Å². The van der Waals surface area contributed by atoms with Gasteiger partial charge in [-0.1, -0.05) is 27.7 Å². The Hall–Kier alpha value is -0.680. The van der Waals surface area contributed by atoms with Gasteiger partial charge in [-0.2, -0.15) is 0 Å². The van der Waals surface area contributed by atoms with Crippen LogP contribution in [0.25, 0.3) is 0 Å². The second-order valence-electron chi connectivity index (χ2n) is 4.83. The Morgan fingerprint density at radius 3 is 1.67 bits per heavy atom. The molecular weight excluding hydrogens is 194 g/mol. The van der Waals surface area contributed by atoms with E-state index in [2.05, 4.69) is 10.6 Å². The van der Waals surface area contributed by atoms with E-state index in [4.69, 9.17) is 0 Å². The minimum Gasteiger partial charge on any atom is -0.308 e. The number of nitro groups is 1. The Bertz CT molecular complexity index is 193. The smallest absolute Gasteiger partial charge is 0.243 e. The molecule has 0 aliphatic carbocycles. The summed E-state index contributed by atoms with van der Waals surface area (Å²) >= 11 is 0. The lowest BCUT2D eigenvalue weighted by Gasteiger charge is -2.24. The van der Waals surface area contributed by atoms with Crippen molar-refractivity contribution in [1.82, 2.24) is 10.6 Å². The zero-order valence-electron chi connectivity index (χ0n) is 10.3. The lowest BCUT2D eigenvalue weighted by Crippen LogP contribution is -2.53. The van der Waals surface area contributed by atoms with Crippen LogP contribution in [-0.2, 0) is 0 Å². The molecule has 90 valence electrons. The molecule has 0 saturated carbocycles. The third kappa shape index (κ3) is 5.69. The maximum absolute atomic E-state index is 11.0. The van der Waals surface area contributed by atoms with E-state index in [1.165, 1.54) is 0 Å². The lowest BCUT2D eigenvalue weighted by atomic mass is 10.0. The van der Waals surface area contributed by atoms with Crippen LogP contribution >= 0.6 is 0 Å². The van der Waals surface area contributed by atoms with E-state index < -0.39 is 5.54 Å². The van der Waals surface area contributed by atoms with E-state index in [1.807, 2.05) is 27.7 Å². The summed E-state index contributed by atoms with van der Waals surface area (Å²) in [4.78, 5) is 10.8. The van der Waals surface area contributed by atoms with E-state index >= 15 is 0 Å². The van der Waals surface area contributed by atoms with E-state index in [1.54, 1.807) is 6.92 Å². The monoisotopic (exact) mass is 217 g/mol. The molecule has 0 rings (SSSR count). The first-order valence-electron chi connectivity index (χ1n) is 5.39.